The number of hydrogen-bond acceptors (Lipinski definition) is 3. The van der Waals surface area contributed by atoms with E-state index in [-0.39, 0.29) is 5.91 Å². The van der Waals surface area contributed by atoms with E-state index in [1.165, 1.54) is 0 Å². The lowest BCUT2D eigenvalue weighted by Crippen LogP contribution is -2.37. The summed E-state index contributed by atoms with van der Waals surface area (Å²) in [6.45, 7) is 5.49. The monoisotopic (exact) mass is 261 g/mol. The number of benzene rings is 1. The Bertz CT molecular complexity index is 483. The minimum Gasteiger partial charge on any atom is -0.480 e. The molecule has 19 heavy (non-hydrogen) atoms. The third-order valence-corrected chi connectivity index (χ3v) is 3.21. The standard InChI is InChI=1S/C15H19NO3/c1-9-6-12(8-17)7-10(2)14(9)19-11(3)15(18)16-13-4-5-13/h6-8,11,13H,4-5H2,1-3H3,(H,16,18). The number of amides is 1. The zero-order valence-corrected chi connectivity index (χ0v) is 11.5. The van der Waals surface area contributed by atoms with E-state index < -0.39 is 6.10 Å². The van der Waals surface area contributed by atoms with Crippen LogP contribution < -0.4 is 10.1 Å². The second kappa shape index (κ2) is 5.43. The summed E-state index contributed by atoms with van der Waals surface area (Å²) in [5.41, 5.74) is 2.36. The molecular formula is C15H19NO3. The van der Waals surface area contributed by atoms with E-state index in [1.54, 1.807) is 19.1 Å². The van der Waals surface area contributed by atoms with Crippen molar-refractivity contribution in [1.82, 2.24) is 5.32 Å². The molecule has 1 aromatic rings. The van der Waals surface area contributed by atoms with Crippen LogP contribution in [-0.4, -0.2) is 24.3 Å². The van der Waals surface area contributed by atoms with Crippen molar-refractivity contribution in [3.63, 3.8) is 0 Å². The van der Waals surface area contributed by atoms with Crippen LogP contribution >= 0.6 is 0 Å². The molecule has 0 bridgehead atoms. The smallest absolute Gasteiger partial charge is 0.260 e. The molecule has 2 rings (SSSR count). The minimum atomic E-state index is -0.528. The van der Waals surface area contributed by atoms with E-state index in [0.717, 1.165) is 30.3 Å². The van der Waals surface area contributed by atoms with E-state index in [9.17, 15) is 9.59 Å². The molecule has 1 aliphatic carbocycles. The first-order valence-electron chi connectivity index (χ1n) is 6.54. The highest BCUT2D eigenvalue weighted by atomic mass is 16.5. The third kappa shape index (κ3) is 3.34. The summed E-state index contributed by atoms with van der Waals surface area (Å²) in [7, 11) is 0. The average molecular weight is 261 g/mol. The van der Waals surface area contributed by atoms with Gasteiger partial charge in [0.1, 0.15) is 12.0 Å². The molecule has 0 saturated heterocycles. The second-order valence-electron chi connectivity index (χ2n) is 5.14. The Morgan fingerprint density at radius 2 is 1.95 bits per heavy atom. The van der Waals surface area contributed by atoms with Crippen molar-refractivity contribution in [2.75, 3.05) is 0 Å². The van der Waals surface area contributed by atoms with Crippen LogP contribution in [0.5, 0.6) is 5.75 Å². The van der Waals surface area contributed by atoms with Crippen LogP contribution in [-0.2, 0) is 4.79 Å². The van der Waals surface area contributed by atoms with Crippen molar-refractivity contribution in [3.8, 4) is 5.75 Å². The number of hydrogen-bond donors (Lipinski definition) is 1. The summed E-state index contributed by atoms with van der Waals surface area (Å²) in [5, 5.41) is 2.92. The van der Waals surface area contributed by atoms with Crippen LogP contribution in [0.3, 0.4) is 0 Å². The first kappa shape index (κ1) is 13.6. The van der Waals surface area contributed by atoms with Crippen molar-refractivity contribution in [2.45, 2.75) is 45.8 Å². The number of rotatable bonds is 5. The molecule has 0 radical (unpaired) electrons. The summed E-state index contributed by atoms with van der Waals surface area (Å²) < 4.78 is 5.74. The van der Waals surface area contributed by atoms with Gasteiger partial charge < -0.3 is 10.1 Å². The lowest BCUT2D eigenvalue weighted by atomic mass is 10.1. The van der Waals surface area contributed by atoms with E-state index in [0.29, 0.717) is 17.4 Å². The number of carbonyl (C=O) groups is 2. The Morgan fingerprint density at radius 3 is 2.42 bits per heavy atom. The maximum absolute atomic E-state index is 11.9. The SMILES string of the molecule is Cc1cc(C=O)cc(C)c1OC(C)C(=O)NC1CC1. The van der Waals surface area contributed by atoms with Crippen molar-refractivity contribution < 1.29 is 14.3 Å². The fraction of sp³-hybridized carbons (Fsp3) is 0.467. The number of aryl methyl sites for hydroxylation is 2. The molecule has 0 heterocycles. The maximum Gasteiger partial charge on any atom is 0.260 e. The van der Waals surface area contributed by atoms with Gasteiger partial charge in [-0.2, -0.15) is 0 Å². The predicted octanol–water partition coefficient (Wildman–Crippen LogP) is 2.16. The Balaban J connectivity index is 2.09. The Labute approximate surface area is 113 Å². The summed E-state index contributed by atoms with van der Waals surface area (Å²) in [5.74, 6) is 0.602. The van der Waals surface area contributed by atoms with Gasteiger partial charge in [-0.05, 0) is 56.9 Å². The largest absolute Gasteiger partial charge is 0.480 e. The van der Waals surface area contributed by atoms with Gasteiger partial charge in [0.15, 0.2) is 6.10 Å². The number of ether oxygens (including phenoxy) is 1. The lowest BCUT2D eigenvalue weighted by Gasteiger charge is -2.18. The van der Waals surface area contributed by atoms with Gasteiger partial charge in [0.05, 0.1) is 0 Å². The van der Waals surface area contributed by atoms with Gasteiger partial charge in [-0.3, -0.25) is 9.59 Å². The molecule has 1 amide bonds. The number of nitrogens with one attached hydrogen (secondary N) is 1. The molecule has 0 aromatic heterocycles. The van der Waals surface area contributed by atoms with Crippen molar-refractivity contribution in [3.05, 3.63) is 28.8 Å². The van der Waals surface area contributed by atoms with Crippen LogP contribution in [0.25, 0.3) is 0 Å². The molecule has 1 unspecified atom stereocenters. The van der Waals surface area contributed by atoms with Crippen molar-refractivity contribution in [1.29, 1.82) is 0 Å². The van der Waals surface area contributed by atoms with Gasteiger partial charge in [0.25, 0.3) is 5.91 Å². The fourth-order valence-corrected chi connectivity index (χ4v) is 2.01. The zero-order chi connectivity index (χ0) is 14.0. The average Bonchev–Trinajstić information content (AvgIpc) is 3.16. The topological polar surface area (TPSA) is 55.4 Å². The van der Waals surface area contributed by atoms with Crippen LogP contribution in [0.15, 0.2) is 12.1 Å². The van der Waals surface area contributed by atoms with Gasteiger partial charge in [-0.25, -0.2) is 0 Å². The van der Waals surface area contributed by atoms with E-state index >= 15 is 0 Å². The molecule has 1 aromatic carbocycles. The van der Waals surface area contributed by atoms with Crippen LogP contribution in [0.1, 0.15) is 41.3 Å². The molecule has 1 fully saturated rings. The van der Waals surface area contributed by atoms with Gasteiger partial charge in [-0.15, -0.1) is 0 Å². The molecule has 1 saturated carbocycles. The van der Waals surface area contributed by atoms with E-state index in [1.807, 2.05) is 13.8 Å². The highest BCUT2D eigenvalue weighted by molar-refractivity contribution is 5.81. The molecule has 1 aliphatic rings. The van der Waals surface area contributed by atoms with Crippen molar-refractivity contribution >= 4 is 12.2 Å². The second-order valence-corrected chi connectivity index (χ2v) is 5.14. The number of aldehydes is 1. The van der Waals surface area contributed by atoms with Gasteiger partial charge >= 0.3 is 0 Å². The highest BCUT2D eigenvalue weighted by Crippen LogP contribution is 2.26. The lowest BCUT2D eigenvalue weighted by molar-refractivity contribution is -0.127. The van der Waals surface area contributed by atoms with Crippen LogP contribution in [0, 0.1) is 13.8 Å². The maximum atomic E-state index is 11.9. The van der Waals surface area contributed by atoms with Crippen LogP contribution in [0.4, 0.5) is 0 Å². The number of carbonyl (C=O) groups excluding carboxylic acids is 2. The predicted molar refractivity (Wildman–Crippen MR) is 72.6 cm³/mol. The van der Waals surface area contributed by atoms with Crippen molar-refractivity contribution in [2.24, 2.45) is 0 Å². The van der Waals surface area contributed by atoms with Gasteiger partial charge in [0, 0.05) is 11.6 Å². The van der Waals surface area contributed by atoms with E-state index in [4.69, 9.17) is 4.74 Å². The quantitative estimate of drug-likeness (QED) is 0.826. The first-order valence-corrected chi connectivity index (χ1v) is 6.54. The normalized spacial score (nSPS) is 15.7. The highest BCUT2D eigenvalue weighted by Gasteiger charge is 2.26. The third-order valence-electron chi connectivity index (χ3n) is 3.21. The minimum absolute atomic E-state index is 0.0826. The Morgan fingerprint density at radius 1 is 1.37 bits per heavy atom. The molecule has 0 aliphatic heterocycles. The van der Waals surface area contributed by atoms with Crippen LogP contribution in [0.2, 0.25) is 0 Å². The summed E-state index contributed by atoms with van der Waals surface area (Å²) in [4.78, 5) is 22.6. The zero-order valence-electron chi connectivity index (χ0n) is 11.5. The molecule has 102 valence electrons. The Kier molecular flexibility index (Phi) is 3.88. The van der Waals surface area contributed by atoms with Gasteiger partial charge in [0.2, 0.25) is 0 Å². The molecular weight excluding hydrogens is 242 g/mol. The molecule has 1 N–H and O–H groups in total. The summed E-state index contributed by atoms with van der Waals surface area (Å²) >= 11 is 0. The molecule has 4 heteroatoms. The Hall–Kier alpha value is -1.84. The summed E-state index contributed by atoms with van der Waals surface area (Å²) in [6, 6.07) is 3.86. The first-order chi connectivity index (χ1) is 9.01. The molecule has 4 nitrogen and oxygen atoms in total. The molecule has 1 atom stereocenters. The van der Waals surface area contributed by atoms with Gasteiger partial charge in [-0.1, -0.05) is 0 Å². The fourth-order valence-electron chi connectivity index (χ4n) is 2.01. The van der Waals surface area contributed by atoms with E-state index in [2.05, 4.69) is 5.32 Å². The summed E-state index contributed by atoms with van der Waals surface area (Å²) in [6.07, 6.45) is 2.40. The molecule has 0 spiro atoms.